The first kappa shape index (κ1) is 17.6. The average Bonchev–Trinajstić information content (AvgIpc) is 3.30. The van der Waals surface area contributed by atoms with Crippen molar-refractivity contribution in [1.82, 2.24) is 29.8 Å². The molecule has 1 saturated heterocycles. The quantitative estimate of drug-likeness (QED) is 0.752. The highest BCUT2D eigenvalue weighted by atomic mass is 16.2. The molecule has 27 heavy (non-hydrogen) atoms. The van der Waals surface area contributed by atoms with Crippen molar-refractivity contribution in [3.05, 3.63) is 59.7 Å². The molecular formula is C20H24N6O. The number of aromatic nitrogens is 4. The molecule has 1 atom stereocenters. The second-order valence-electron chi connectivity index (χ2n) is 7.37. The van der Waals surface area contributed by atoms with Gasteiger partial charge in [-0.05, 0) is 24.0 Å². The number of fused-ring (bicyclic) bond motifs is 1. The predicted molar refractivity (Wildman–Crippen MR) is 102 cm³/mol. The van der Waals surface area contributed by atoms with Crippen molar-refractivity contribution in [2.24, 2.45) is 0 Å². The van der Waals surface area contributed by atoms with Crippen molar-refractivity contribution < 1.29 is 4.79 Å². The Bertz CT molecular complexity index is 936. The van der Waals surface area contributed by atoms with Gasteiger partial charge in [-0.25, -0.2) is 9.50 Å². The van der Waals surface area contributed by atoms with Gasteiger partial charge in [0.1, 0.15) is 12.0 Å². The molecule has 3 heterocycles. The summed E-state index contributed by atoms with van der Waals surface area (Å²) in [6.45, 7) is 6.88. The SMILES string of the molecule is CC(C)c1cc(C(=O)NC2CCN(Cc3ccccc3)C2)nc2ncnn12. The van der Waals surface area contributed by atoms with Gasteiger partial charge in [0.2, 0.25) is 0 Å². The summed E-state index contributed by atoms with van der Waals surface area (Å²) in [6.07, 6.45) is 2.41. The molecule has 7 heteroatoms. The summed E-state index contributed by atoms with van der Waals surface area (Å²) in [7, 11) is 0. The number of nitrogens with zero attached hydrogens (tertiary/aromatic N) is 5. The maximum absolute atomic E-state index is 12.8. The summed E-state index contributed by atoms with van der Waals surface area (Å²) < 4.78 is 1.69. The summed E-state index contributed by atoms with van der Waals surface area (Å²) in [4.78, 5) is 23.6. The Morgan fingerprint density at radius 1 is 1.30 bits per heavy atom. The lowest BCUT2D eigenvalue weighted by Gasteiger charge is -2.17. The highest BCUT2D eigenvalue weighted by Crippen LogP contribution is 2.17. The van der Waals surface area contributed by atoms with E-state index in [0.717, 1.165) is 31.7 Å². The number of rotatable bonds is 5. The lowest BCUT2D eigenvalue weighted by molar-refractivity contribution is 0.0932. The first-order chi connectivity index (χ1) is 13.1. The Hall–Kier alpha value is -2.80. The van der Waals surface area contributed by atoms with Gasteiger partial charge in [-0.3, -0.25) is 9.69 Å². The van der Waals surface area contributed by atoms with E-state index in [1.165, 1.54) is 11.9 Å². The molecule has 0 spiro atoms. The molecule has 1 aliphatic rings. The molecule has 1 fully saturated rings. The van der Waals surface area contributed by atoms with Crippen LogP contribution >= 0.6 is 0 Å². The van der Waals surface area contributed by atoms with E-state index >= 15 is 0 Å². The molecule has 1 amide bonds. The van der Waals surface area contributed by atoms with Crippen LogP contribution < -0.4 is 5.32 Å². The van der Waals surface area contributed by atoms with Crippen molar-refractivity contribution in [3.63, 3.8) is 0 Å². The molecule has 3 aromatic rings. The molecule has 1 aliphatic heterocycles. The molecule has 0 bridgehead atoms. The van der Waals surface area contributed by atoms with Crippen LogP contribution in [0.1, 0.15) is 47.9 Å². The minimum Gasteiger partial charge on any atom is -0.347 e. The molecule has 2 aromatic heterocycles. The maximum Gasteiger partial charge on any atom is 0.270 e. The Morgan fingerprint density at radius 2 is 2.11 bits per heavy atom. The van der Waals surface area contributed by atoms with Gasteiger partial charge in [-0.1, -0.05) is 44.2 Å². The smallest absolute Gasteiger partial charge is 0.270 e. The van der Waals surface area contributed by atoms with Crippen LogP contribution in [0.3, 0.4) is 0 Å². The molecule has 140 valence electrons. The van der Waals surface area contributed by atoms with Crippen LogP contribution in [0.15, 0.2) is 42.7 Å². The van der Waals surface area contributed by atoms with Crippen LogP contribution in [0.2, 0.25) is 0 Å². The number of hydrogen-bond acceptors (Lipinski definition) is 5. The number of benzene rings is 1. The van der Waals surface area contributed by atoms with Gasteiger partial charge in [-0.15, -0.1) is 0 Å². The molecule has 7 nitrogen and oxygen atoms in total. The van der Waals surface area contributed by atoms with Gasteiger partial charge in [0.15, 0.2) is 0 Å². The topological polar surface area (TPSA) is 75.4 Å². The second kappa shape index (κ2) is 7.44. The Kier molecular flexibility index (Phi) is 4.85. The fourth-order valence-electron chi connectivity index (χ4n) is 3.56. The van der Waals surface area contributed by atoms with Crippen LogP contribution in [0.5, 0.6) is 0 Å². The summed E-state index contributed by atoms with van der Waals surface area (Å²) in [5.74, 6) is 0.536. The minimum atomic E-state index is -0.144. The van der Waals surface area contributed by atoms with E-state index < -0.39 is 0 Å². The van der Waals surface area contributed by atoms with E-state index in [-0.39, 0.29) is 17.9 Å². The van der Waals surface area contributed by atoms with Gasteiger partial charge in [-0.2, -0.15) is 10.1 Å². The average molecular weight is 364 g/mol. The lowest BCUT2D eigenvalue weighted by atomic mass is 10.1. The van der Waals surface area contributed by atoms with E-state index in [1.807, 2.05) is 12.1 Å². The summed E-state index contributed by atoms with van der Waals surface area (Å²) in [5.41, 5.74) is 2.63. The monoisotopic (exact) mass is 364 g/mol. The van der Waals surface area contributed by atoms with Gasteiger partial charge in [0.05, 0.1) is 5.69 Å². The number of nitrogens with one attached hydrogen (secondary N) is 1. The van der Waals surface area contributed by atoms with Crippen molar-refractivity contribution >= 4 is 11.7 Å². The largest absolute Gasteiger partial charge is 0.347 e. The highest BCUT2D eigenvalue weighted by Gasteiger charge is 2.25. The second-order valence-corrected chi connectivity index (χ2v) is 7.37. The Balaban J connectivity index is 1.43. The Labute approximate surface area is 158 Å². The van der Waals surface area contributed by atoms with E-state index in [0.29, 0.717) is 11.5 Å². The van der Waals surface area contributed by atoms with E-state index in [2.05, 4.69) is 63.4 Å². The van der Waals surface area contributed by atoms with Gasteiger partial charge in [0.25, 0.3) is 11.7 Å². The van der Waals surface area contributed by atoms with Crippen LogP contribution in [0, 0.1) is 0 Å². The zero-order chi connectivity index (χ0) is 18.8. The molecule has 0 saturated carbocycles. The van der Waals surface area contributed by atoms with Gasteiger partial charge >= 0.3 is 0 Å². The third-order valence-electron chi connectivity index (χ3n) is 4.96. The fraction of sp³-hybridized carbons (Fsp3) is 0.400. The fourth-order valence-corrected chi connectivity index (χ4v) is 3.56. The third-order valence-corrected chi connectivity index (χ3v) is 4.96. The standard InChI is InChI=1S/C20H24N6O/c1-14(2)18-10-17(24-20-21-13-22-26(18)20)19(27)23-16-8-9-25(12-16)11-15-6-4-3-5-7-15/h3-7,10,13-14,16H,8-9,11-12H2,1-2H3,(H,23,27). The third kappa shape index (κ3) is 3.83. The molecule has 1 unspecified atom stereocenters. The summed E-state index contributed by atoms with van der Waals surface area (Å²) >= 11 is 0. The molecule has 1 aromatic carbocycles. The lowest BCUT2D eigenvalue weighted by Crippen LogP contribution is -2.37. The number of likely N-dealkylation sites (tertiary alicyclic amines) is 1. The number of carbonyl (C=O) groups is 1. The summed E-state index contributed by atoms with van der Waals surface area (Å²) in [5, 5.41) is 7.33. The zero-order valence-corrected chi connectivity index (χ0v) is 15.7. The van der Waals surface area contributed by atoms with Crippen molar-refractivity contribution in [2.75, 3.05) is 13.1 Å². The van der Waals surface area contributed by atoms with Crippen molar-refractivity contribution in [2.45, 2.75) is 38.8 Å². The molecule has 1 N–H and O–H groups in total. The first-order valence-electron chi connectivity index (χ1n) is 9.38. The normalized spacial score (nSPS) is 17.7. The zero-order valence-electron chi connectivity index (χ0n) is 15.7. The van der Waals surface area contributed by atoms with Crippen molar-refractivity contribution in [3.8, 4) is 0 Å². The van der Waals surface area contributed by atoms with E-state index in [4.69, 9.17) is 0 Å². The number of amides is 1. The van der Waals surface area contributed by atoms with E-state index in [1.54, 1.807) is 4.52 Å². The maximum atomic E-state index is 12.8. The van der Waals surface area contributed by atoms with Gasteiger partial charge in [0, 0.05) is 25.7 Å². The number of hydrogen-bond donors (Lipinski definition) is 1. The first-order valence-corrected chi connectivity index (χ1v) is 9.38. The predicted octanol–water partition coefficient (Wildman–Crippen LogP) is 2.25. The van der Waals surface area contributed by atoms with Crippen LogP contribution in [-0.2, 0) is 6.54 Å². The molecule has 0 aliphatic carbocycles. The highest BCUT2D eigenvalue weighted by molar-refractivity contribution is 5.93. The molecular weight excluding hydrogens is 340 g/mol. The van der Waals surface area contributed by atoms with Crippen molar-refractivity contribution in [1.29, 1.82) is 0 Å². The number of carbonyl (C=O) groups excluding carboxylic acids is 1. The van der Waals surface area contributed by atoms with Crippen LogP contribution in [-0.4, -0.2) is 49.5 Å². The Morgan fingerprint density at radius 3 is 2.89 bits per heavy atom. The van der Waals surface area contributed by atoms with Crippen LogP contribution in [0.25, 0.3) is 5.78 Å². The molecule has 0 radical (unpaired) electrons. The van der Waals surface area contributed by atoms with Crippen LogP contribution in [0.4, 0.5) is 0 Å². The minimum absolute atomic E-state index is 0.139. The summed E-state index contributed by atoms with van der Waals surface area (Å²) in [6, 6.07) is 12.4. The van der Waals surface area contributed by atoms with Gasteiger partial charge < -0.3 is 5.32 Å². The van der Waals surface area contributed by atoms with E-state index in [9.17, 15) is 4.79 Å². The molecule has 4 rings (SSSR count).